The molecule has 0 heterocycles. The lowest BCUT2D eigenvalue weighted by Gasteiger charge is -2.22. The molecule has 1 rings (SSSR count). The minimum atomic E-state index is 0.807. The molecule has 22 heavy (non-hydrogen) atoms. The predicted octanol–water partition coefficient (Wildman–Crippen LogP) is 4.12. The van der Waals surface area contributed by atoms with Crippen LogP contribution >= 0.6 is 0 Å². The van der Waals surface area contributed by atoms with Gasteiger partial charge in [0.25, 0.3) is 0 Å². The average molecular weight is 307 g/mol. The molecule has 126 valence electrons. The molecule has 0 aliphatic rings. The van der Waals surface area contributed by atoms with E-state index in [1.807, 2.05) is 0 Å². The number of benzene rings is 1. The molecule has 0 unspecified atom stereocenters. The number of hydrogen-bond donors (Lipinski definition) is 0. The van der Waals surface area contributed by atoms with Gasteiger partial charge in [0, 0.05) is 32.8 Å². The van der Waals surface area contributed by atoms with Crippen LogP contribution in [0.3, 0.4) is 0 Å². The van der Waals surface area contributed by atoms with E-state index in [9.17, 15) is 0 Å². The first-order valence-corrected chi connectivity index (χ1v) is 8.78. The van der Waals surface area contributed by atoms with Gasteiger partial charge >= 0.3 is 0 Å². The molecule has 0 atom stereocenters. The van der Waals surface area contributed by atoms with E-state index in [2.05, 4.69) is 49.1 Å². The van der Waals surface area contributed by atoms with Crippen molar-refractivity contribution in [2.24, 2.45) is 0 Å². The van der Waals surface area contributed by atoms with Gasteiger partial charge in [0.2, 0.25) is 0 Å². The molecule has 0 radical (unpaired) electrons. The smallest absolute Gasteiger partial charge is 0.0593 e. The first-order valence-electron chi connectivity index (χ1n) is 8.78. The molecular formula is C19H33NO2. The highest BCUT2D eigenvalue weighted by Crippen LogP contribution is 2.04. The van der Waals surface area contributed by atoms with Crippen molar-refractivity contribution in [1.82, 2.24) is 4.90 Å². The topological polar surface area (TPSA) is 21.7 Å². The summed E-state index contributed by atoms with van der Waals surface area (Å²) in [5, 5.41) is 0. The molecule has 0 bridgehead atoms. The van der Waals surface area contributed by atoms with Crippen molar-refractivity contribution in [3.8, 4) is 0 Å². The molecular weight excluding hydrogens is 274 g/mol. The largest absolute Gasteiger partial charge is 0.380 e. The fourth-order valence-electron chi connectivity index (χ4n) is 2.20. The highest BCUT2D eigenvalue weighted by molar-refractivity contribution is 5.14. The minimum absolute atomic E-state index is 0.807. The van der Waals surface area contributed by atoms with Gasteiger partial charge in [0.15, 0.2) is 0 Å². The Morgan fingerprint density at radius 3 is 1.82 bits per heavy atom. The Morgan fingerprint density at radius 2 is 1.32 bits per heavy atom. The molecule has 0 saturated heterocycles. The molecule has 1 aromatic rings. The monoisotopic (exact) mass is 307 g/mol. The third-order valence-corrected chi connectivity index (χ3v) is 3.64. The Bertz CT molecular complexity index is 329. The zero-order chi connectivity index (χ0) is 15.9. The lowest BCUT2D eigenvalue weighted by Crippen LogP contribution is -2.31. The lowest BCUT2D eigenvalue weighted by atomic mass is 10.2. The fourth-order valence-corrected chi connectivity index (χ4v) is 2.20. The number of unbranched alkanes of at least 4 members (excludes halogenated alkanes) is 2. The molecule has 0 spiro atoms. The van der Waals surface area contributed by atoms with E-state index in [0.29, 0.717) is 0 Å². The molecule has 0 saturated carbocycles. The van der Waals surface area contributed by atoms with Crippen molar-refractivity contribution < 1.29 is 9.47 Å². The first-order chi connectivity index (χ1) is 10.9. The van der Waals surface area contributed by atoms with Gasteiger partial charge in [-0.25, -0.2) is 0 Å². The van der Waals surface area contributed by atoms with Crippen molar-refractivity contribution >= 4 is 0 Å². The molecule has 0 N–H and O–H groups in total. The van der Waals surface area contributed by atoms with Gasteiger partial charge in [-0.15, -0.1) is 0 Å². The van der Waals surface area contributed by atoms with E-state index in [0.717, 1.165) is 58.9 Å². The number of hydrogen-bond acceptors (Lipinski definition) is 3. The molecule has 0 aliphatic carbocycles. The molecule has 0 amide bonds. The summed E-state index contributed by atoms with van der Waals surface area (Å²) in [4.78, 5) is 2.42. The van der Waals surface area contributed by atoms with Crippen LogP contribution in [0.25, 0.3) is 0 Å². The van der Waals surface area contributed by atoms with Gasteiger partial charge in [-0.2, -0.15) is 0 Å². The Balaban J connectivity index is 2.29. The maximum Gasteiger partial charge on any atom is 0.0593 e. The van der Waals surface area contributed by atoms with Crippen LogP contribution in [0.15, 0.2) is 30.3 Å². The molecule has 0 aromatic heterocycles. The highest BCUT2D eigenvalue weighted by atomic mass is 16.5. The summed E-state index contributed by atoms with van der Waals surface area (Å²) in [6.45, 7) is 10.7. The lowest BCUT2D eigenvalue weighted by molar-refractivity contribution is 0.0700. The van der Waals surface area contributed by atoms with Crippen LogP contribution in [0, 0.1) is 0 Å². The molecule has 3 heteroatoms. The van der Waals surface area contributed by atoms with Crippen LogP contribution in [0.4, 0.5) is 0 Å². The molecule has 0 aliphatic heterocycles. The number of rotatable bonds is 14. The van der Waals surface area contributed by atoms with Gasteiger partial charge in [-0.3, -0.25) is 4.90 Å². The summed E-state index contributed by atoms with van der Waals surface area (Å²) in [5.41, 5.74) is 1.35. The maximum atomic E-state index is 5.70. The van der Waals surface area contributed by atoms with Crippen LogP contribution in [0.5, 0.6) is 0 Å². The maximum absolute atomic E-state index is 5.70. The zero-order valence-electron chi connectivity index (χ0n) is 14.4. The standard InChI is InChI=1S/C19H33NO2/c1-3-5-14-21-16-12-20(13-17-22-15-6-4-2)18-19-10-8-7-9-11-19/h7-11H,3-6,12-18H2,1-2H3. The predicted molar refractivity (Wildman–Crippen MR) is 93.2 cm³/mol. The van der Waals surface area contributed by atoms with Gasteiger partial charge in [0.05, 0.1) is 13.2 Å². The fraction of sp³-hybridized carbons (Fsp3) is 0.684. The van der Waals surface area contributed by atoms with E-state index in [4.69, 9.17) is 9.47 Å². The van der Waals surface area contributed by atoms with E-state index in [1.165, 1.54) is 18.4 Å². The molecule has 1 aromatic carbocycles. The van der Waals surface area contributed by atoms with Gasteiger partial charge in [-0.1, -0.05) is 57.0 Å². The number of ether oxygens (including phenoxy) is 2. The van der Waals surface area contributed by atoms with Crippen molar-refractivity contribution in [1.29, 1.82) is 0 Å². The summed E-state index contributed by atoms with van der Waals surface area (Å²) >= 11 is 0. The van der Waals surface area contributed by atoms with Crippen molar-refractivity contribution in [3.05, 3.63) is 35.9 Å². The van der Waals surface area contributed by atoms with E-state index >= 15 is 0 Å². The summed E-state index contributed by atoms with van der Waals surface area (Å²) in [6.07, 6.45) is 4.69. The summed E-state index contributed by atoms with van der Waals surface area (Å²) < 4.78 is 11.4. The highest BCUT2D eigenvalue weighted by Gasteiger charge is 2.06. The van der Waals surface area contributed by atoms with Gasteiger partial charge in [-0.05, 0) is 18.4 Å². The summed E-state index contributed by atoms with van der Waals surface area (Å²) in [7, 11) is 0. The van der Waals surface area contributed by atoms with E-state index in [-0.39, 0.29) is 0 Å². The summed E-state index contributed by atoms with van der Waals surface area (Å²) in [6, 6.07) is 10.6. The Morgan fingerprint density at radius 1 is 0.773 bits per heavy atom. The Kier molecular flexibility index (Phi) is 12.0. The average Bonchev–Trinajstić information content (AvgIpc) is 2.55. The molecule has 3 nitrogen and oxygen atoms in total. The van der Waals surface area contributed by atoms with Gasteiger partial charge in [0.1, 0.15) is 0 Å². The van der Waals surface area contributed by atoms with E-state index in [1.54, 1.807) is 0 Å². The zero-order valence-corrected chi connectivity index (χ0v) is 14.4. The third kappa shape index (κ3) is 9.93. The third-order valence-electron chi connectivity index (χ3n) is 3.64. The first kappa shape index (κ1) is 19.1. The SMILES string of the molecule is CCCCOCCN(CCOCCCC)Cc1ccccc1. The normalized spacial score (nSPS) is 11.2. The Labute approximate surface area is 136 Å². The van der Waals surface area contributed by atoms with Crippen LogP contribution in [-0.4, -0.2) is 44.4 Å². The van der Waals surface area contributed by atoms with Crippen LogP contribution < -0.4 is 0 Å². The second-order valence-electron chi connectivity index (χ2n) is 5.69. The minimum Gasteiger partial charge on any atom is -0.380 e. The molecule has 0 fully saturated rings. The van der Waals surface area contributed by atoms with Crippen molar-refractivity contribution in [2.75, 3.05) is 39.5 Å². The number of nitrogens with zero attached hydrogens (tertiary/aromatic N) is 1. The second kappa shape index (κ2) is 13.7. The van der Waals surface area contributed by atoms with Crippen LogP contribution in [0.1, 0.15) is 45.1 Å². The summed E-state index contributed by atoms with van der Waals surface area (Å²) in [5.74, 6) is 0. The van der Waals surface area contributed by atoms with Crippen LogP contribution in [-0.2, 0) is 16.0 Å². The quantitative estimate of drug-likeness (QED) is 0.483. The van der Waals surface area contributed by atoms with Crippen molar-refractivity contribution in [2.45, 2.75) is 46.1 Å². The van der Waals surface area contributed by atoms with Crippen LogP contribution in [0.2, 0.25) is 0 Å². The Hall–Kier alpha value is -0.900. The van der Waals surface area contributed by atoms with Gasteiger partial charge < -0.3 is 9.47 Å². The second-order valence-corrected chi connectivity index (χ2v) is 5.69. The van der Waals surface area contributed by atoms with Crippen molar-refractivity contribution in [3.63, 3.8) is 0 Å². The van der Waals surface area contributed by atoms with E-state index < -0.39 is 0 Å².